The van der Waals surface area contributed by atoms with Crippen molar-refractivity contribution in [1.82, 2.24) is 0 Å². The van der Waals surface area contributed by atoms with Gasteiger partial charge in [0, 0.05) is 11.3 Å². The van der Waals surface area contributed by atoms with Gasteiger partial charge in [-0.05, 0) is 80.5 Å². The zero-order chi connectivity index (χ0) is 17.8. The summed E-state index contributed by atoms with van der Waals surface area (Å²) in [5.41, 5.74) is 4.77. The summed E-state index contributed by atoms with van der Waals surface area (Å²) in [6, 6.07) is 11.3. The molecule has 1 N–H and O–H groups in total. The Bertz CT molecular complexity index is 811. The molecular formula is C21H23NO3. The number of Topliss-reactive ketones (excluding diaryl/α,β-unsaturated/α-hetero) is 1. The van der Waals surface area contributed by atoms with Gasteiger partial charge in [-0.15, -0.1) is 0 Å². The van der Waals surface area contributed by atoms with Crippen molar-refractivity contribution in [2.75, 3.05) is 11.9 Å². The van der Waals surface area contributed by atoms with Crippen molar-refractivity contribution in [3.8, 4) is 5.75 Å². The summed E-state index contributed by atoms with van der Waals surface area (Å²) < 4.78 is 5.76. The summed E-state index contributed by atoms with van der Waals surface area (Å²) in [4.78, 5) is 23.7. The lowest BCUT2D eigenvalue weighted by Gasteiger charge is -2.19. The van der Waals surface area contributed by atoms with E-state index in [2.05, 4.69) is 11.4 Å². The molecule has 1 aliphatic carbocycles. The number of benzene rings is 2. The van der Waals surface area contributed by atoms with Crippen molar-refractivity contribution in [3.05, 3.63) is 58.7 Å². The van der Waals surface area contributed by atoms with E-state index in [1.54, 1.807) is 18.2 Å². The third-order valence-electron chi connectivity index (χ3n) is 4.60. The van der Waals surface area contributed by atoms with Gasteiger partial charge in [-0.25, -0.2) is 0 Å². The van der Waals surface area contributed by atoms with Crippen LogP contribution in [-0.2, 0) is 17.6 Å². The van der Waals surface area contributed by atoms with Crippen LogP contribution >= 0.6 is 0 Å². The van der Waals surface area contributed by atoms with Crippen LogP contribution in [0.4, 0.5) is 5.69 Å². The third-order valence-corrected chi connectivity index (χ3v) is 4.60. The molecule has 0 bridgehead atoms. The first-order valence-electron chi connectivity index (χ1n) is 8.69. The van der Waals surface area contributed by atoms with E-state index in [1.165, 1.54) is 30.9 Å². The molecule has 0 atom stereocenters. The largest absolute Gasteiger partial charge is 0.483 e. The van der Waals surface area contributed by atoms with Gasteiger partial charge in [0.15, 0.2) is 12.4 Å². The van der Waals surface area contributed by atoms with Crippen LogP contribution in [0.15, 0.2) is 36.4 Å². The van der Waals surface area contributed by atoms with Crippen LogP contribution < -0.4 is 10.1 Å². The summed E-state index contributed by atoms with van der Waals surface area (Å²) in [6.45, 7) is 3.37. The van der Waals surface area contributed by atoms with E-state index in [4.69, 9.17) is 4.74 Å². The van der Waals surface area contributed by atoms with E-state index in [0.29, 0.717) is 11.3 Å². The zero-order valence-corrected chi connectivity index (χ0v) is 14.7. The summed E-state index contributed by atoms with van der Waals surface area (Å²) in [5, 5.41) is 2.82. The number of hydrogen-bond donors (Lipinski definition) is 1. The lowest BCUT2D eigenvalue weighted by molar-refractivity contribution is -0.118. The monoisotopic (exact) mass is 337 g/mol. The second-order valence-corrected chi connectivity index (χ2v) is 6.52. The number of hydrogen-bond acceptors (Lipinski definition) is 3. The Morgan fingerprint density at radius 2 is 1.92 bits per heavy atom. The molecule has 4 heteroatoms. The SMILES string of the molecule is CC(=O)c1ccc(NC(=O)COc2cccc3c2CCCC3)cc1C. The van der Waals surface area contributed by atoms with Crippen LogP contribution in [0.2, 0.25) is 0 Å². The molecule has 130 valence electrons. The lowest BCUT2D eigenvalue weighted by Crippen LogP contribution is -2.21. The minimum absolute atomic E-state index is 0.0209. The Morgan fingerprint density at radius 1 is 1.12 bits per heavy atom. The molecular weight excluding hydrogens is 314 g/mol. The fourth-order valence-corrected chi connectivity index (χ4v) is 3.36. The maximum atomic E-state index is 12.2. The minimum atomic E-state index is -0.205. The van der Waals surface area contributed by atoms with Gasteiger partial charge < -0.3 is 10.1 Å². The van der Waals surface area contributed by atoms with Crippen LogP contribution in [0, 0.1) is 6.92 Å². The van der Waals surface area contributed by atoms with Gasteiger partial charge in [0.1, 0.15) is 5.75 Å². The van der Waals surface area contributed by atoms with Crippen LogP contribution in [-0.4, -0.2) is 18.3 Å². The number of anilines is 1. The highest BCUT2D eigenvalue weighted by molar-refractivity contribution is 5.97. The van der Waals surface area contributed by atoms with Gasteiger partial charge in [0.05, 0.1) is 0 Å². The average Bonchev–Trinajstić information content (AvgIpc) is 2.59. The van der Waals surface area contributed by atoms with Crippen molar-refractivity contribution in [2.45, 2.75) is 39.5 Å². The van der Waals surface area contributed by atoms with Crippen molar-refractivity contribution in [3.63, 3.8) is 0 Å². The van der Waals surface area contributed by atoms with Gasteiger partial charge in [-0.1, -0.05) is 12.1 Å². The predicted octanol–water partition coefficient (Wildman–Crippen LogP) is 4.09. The van der Waals surface area contributed by atoms with E-state index in [9.17, 15) is 9.59 Å². The van der Waals surface area contributed by atoms with Gasteiger partial charge in [0.2, 0.25) is 0 Å². The van der Waals surface area contributed by atoms with E-state index >= 15 is 0 Å². The first kappa shape index (κ1) is 17.2. The highest BCUT2D eigenvalue weighted by atomic mass is 16.5. The van der Waals surface area contributed by atoms with E-state index < -0.39 is 0 Å². The smallest absolute Gasteiger partial charge is 0.262 e. The topological polar surface area (TPSA) is 55.4 Å². The molecule has 0 spiro atoms. The molecule has 0 unspecified atom stereocenters. The highest BCUT2D eigenvalue weighted by Gasteiger charge is 2.15. The second kappa shape index (κ2) is 7.51. The number of amides is 1. The van der Waals surface area contributed by atoms with Gasteiger partial charge in [-0.3, -0.25) is 9.59 Å². The Balaban J connectivity index is 1.62. The summed E-state index contributed by atoms with van der Waals surface area (Å²) in [6.07, 6.45) is 4.48. The summed E-state index contributed by atoms with van der Waals surface area (Å²) in [7, 11) is 0. The highest BCUT2D eigenvalue weighted by Crippen LogP contribution is 2.29. The quantitative estimate of drug-likeness (QED) is 0.836. The first-order valence-corrected chi connectivity index (χ1v) is 8.69. The van der Waals surface area contributed by atoms with Crippen molar-refractivity contribution < 1.29 is 14.3 Å². The second-order valence-electron chi connectivity index (χ2n) is 6.52. The molecule has 1 amide bonds. The number of ether oxygens (including phenoxy) is 1. The molecule has 3 rings (SSSR count). The Morgan fingerprint density at radius 3 is 2.68 bits per heavy atom. The van der Waals surface area contributed by atoms with Crippen LogP contribution in [0.3, 0.4) is 0 Å². The molecule has 2 aromatic carbocycles. The number of ketones is 1. The summed E-state index contributed by atoms with van der Waals surface area (Å²) >= 11 is 0. The van der Waals surface area contributed by atoms with Crippen LogP contribution in [0.5, 0.6) is 5.75 Å². The number of aryl methyl sites for hydroxylation is 2. The van der Waals surface area contributed by atoms with Crippen molar-refractivity contribution in [2.24, 2.45) is 0 Å². The number of rotatable bonds is 5. The number of nitrogens with one attached hydrogen (secondary N) is 1. The average molecular weight is 337 g/mol. The van der Waals surface area contributed by atoms with Gasteiger partial charge in [0.25, 0.3) is 5.91 Å². The Kier molecular flexibility index (Phi) is 5.17. The third kappa shape index (κ3) is 4.08. The molecule has 0 saturated carbocycles. The summed E-state index contributed by atoms with van der Waals surface area (Å²) in [5.74, 6) is 0.631. The molecule has 2 aromatic rings. The lowest BCUT2D eigenvalue weighted by atomic mass is 9.91. The number of fused-ring (bicyclic) bond motifs is 1. The van der Waals surface area contributed by atoms with E-state index in [-0.39, 0.29) is 18.3 Å². The molecule has 0 aromatic heterocycles. The standard InChI is InChI=1S/C21H23NO3/c1-14-12-17(10-11-18(14)15(2)23)22-21(24)13-25-20-9-5-7-16-6-3-4-8-19(16)20/h5,7,9-12H,3-4,6,8,13H2,1-2H3,(H,22,24). The van der Waals surface area contributed by atoms with Crippen molar-refractivity contribution in [1.29, 1.82) is 0 Å². The minimum Gasteiger partial charge on any atom is -0.483 e. The molecule has 0 aliphatic heterocycles. The maximum absolute atomic E-state index is 12.2. The predicted molar refractivity (Wildman–Crippen MR) is 98.4 cm³/mol. The zero-order valence-electron chi connectivity index (χ0n) is 14.7. The molecule has 0 saturated heterocycles. The van der Waals surface area contributed by atoms with E-state index in [1.807, 2.05) is 19.1 Å². The normalized spacial score (nSPS) is 13.0. The molecule has 0 heterocycles. The Labute approximate surface area is 148 Å². The maximum Gasteiger partial charge on any atom is 0.262 e. The fourth-order valence-electron chi connectivity index (χ4n) is 3.36. The van der Waals surface area contributed by atoms with Gasteiger partial charge in [-0.2, -0.15) is 0 Å². The molecule has 1 aliphatic rings. The van der Waals surface area contributed by atoms with Crippen LogP contribution in [0.1, 0.15) is 46.8 Å². The molecule has 25 heavy (non-hydrogen) atoms. The molecule has 0 radical (unpaired) electrons. The Hall–Kier alpha value is -2.62. The van der Waals surface area contributed by atoms with E-state index in [0.717, 1.165) is 24.2 Å². The van der Waals surface area contributed by atoms with Crippen LogP contribution in [0.25, 0.3) is 0 Å². The number of carbonyl (C=O) groups excluding carboxylic acids is 2. The fraction of sp³-hybridized carbons (Fsp3) is 0.333. The van der Waals surface area contributed by atoms with Crippen molar-refractivity contribution >= 4 is 17.4 Å². The number of carbonyl (C=O) groups is 2. The van der Waals surface area contributed by atoms with Gasteiger partial charge >= 0.3 is 0 Å². The first-order chi connectivity index (χ1) is 12.0. The molecule has 4 nitrogen and oxygen atoms in total. The molecule has 0 fully saturated rings.